The summed E-state index contributed by atoms with van der Waals surface area (Å²) in [6, 6.07) is 8.44. The molecule has 0 amide bonds. The molecular weight excluding hydrogens is 200 g/mol. The lowest BCUT2D eigenvalue weighted by molar-refractivity contribution is 0.402. The predicted molar refractivity (Wildman–Crippen MR) is 64.4 cm³/mol. The van der Waals surface area contributed by atoms with Gasteiger partial charge in [-0.3, -0.25) is 0 Å². The zero-order valence-corrected chi connectivity index (χ0v) is 10.1. The first-order chi connectivity index (χ1) is 7.69. The number of hydrogen-bond acceptors (Lipinski definition) is 3. The van der Waals surface area contributed by atoms with Crippen LogP contribution in [0.15, 0.2) is 18.2 Å². The third-order valence-electron chi connectivity index (χ3n) is 2.54. The highest BCUT2D eigenvalue weighted by Crippen LogP contribution is 2.25. The number of nitrogens with one attached hydrogen (secondary N) is 1. The molecule has 0 saturated carbocycles. The van der Waals surface area contributed by atoms with Crippen molar-refractivity contribution in [2.45, 2.75) is 26.3 Å². The Morgan fingerprint density at radius 1 is 1.50 bits per heavy atom. The van der Waals surface area contributed by atoms with Crippen LogP contribution < -0.4 is 10.1 Å². The molecule has 0 spiro atoms. The summed E-state index contributed by atoms with van der Waals surface area (Å²) < 4.78 is 5.32. The van der Waals surface area contributed by atoms with Crippen molar-refractivity contribution in [3.8, 4) is 11.8 Å². The molecule has 0 aliphatic rings. The van der Waals surface area contributed by atoms with Crippen LogP contribution in [0.2, 0.25) is 0 Å². The third kappa shape index (κ3) is 3.25. The lowest BCUT2D eigenvalue weighted by atomic mass is 10.0. The molecule has 1 unspecified atom stereocenters. The molecule has 0 fully saturated rings. The van der Waals surface area contributed by atoms with E-state index in [2.05, 4.69) is 31.3 Å². The summed E-state index contributed by atoms with van der Waals surface area (Å²) >= 11 is 0. The Balaban J connectivity index is 2.77. The second-order valence-electron chi connectivity index (χ2n) is 3.83. The largest absolute Gasteiger partial charge is 0.496 e. The molecule has 86 valence electrons. The van der Waals surface area contributed by atoms with Gasteiger partial charge in [-0.15, -0.1) is 0 Å². The molecule has 3 nitrogen and oxygen atoms in total. The molecule has 1 rings (SSSR count). The second-order valence-corrected chi connectivity index (χ2v) is 3.83. The molecule has 3 heteroatoms. The fraction of sp³-hybridized carbons (Fsp3) is 0.462. The Hall–Kier alpha value is -1.53. The van der Waals surface area contributed by atoms with Gasteiger partial charge in [0.15, 0.2) is 0 Å². The fourth-order valence-corrected chi connectivity index (χ4v) is 1.65. The van der Waals surface area contributed by atoms with Gasteiger partial charge in [0.05, 0.1) is 13.2 Å². The molecule has 16 heavy (non-hydrogen) atoms. The van der Waals surface area contributed by atoms with E-state index in [9.17, 15) is 0 Å². The minimum atomic E-state index is 0.197. The maximum Gasteiger partial charge on any atom is 0.123 e. The van der Waals surface area contributed by atoms with Gasteiger partial charge in [0.2, 0.25) is 0 Å². The first-order valence-corrected chi connectivity index (χ1v) is 5.44. The topological polar surface area (TPSA) is 45.0 Å². The highest BCUT2D eigenvalue weighted by atomic mass is 16.5. The number of hydrogen-bond donors (Lipinski definition) is 1. The summed E-state index contributed by atoms with van der Waals surface area (Å²) in [6.07, 6.45) is 0.526. The van der Waals surface area contributed by atoms with E-state index in [0.29, 0.717) is 13.0 Å². The smallest absolute Gasteiger partial charge is 0.123 e. The summed E-state index contributed by atoms with van der Waals surface area (Å²) in [7, 11) is 1.68. The number of ether oxygens (including phenoxy) is 1. The van der Waals surface area contributed by atoms with Crippen molar-refractivity contribution in [2.75, 3.05) is 13.7 Å². The summed E-state index contributed by atoms with van der Waals surface area (Å²) in [6.45, 7) is 4.84. The van der Waals surface area contributed by atoms with E-state index in [4.69, 9.17) is 10.00 Å². The van der Waals surface area contributed by atoms with Crippen LogP contribution in [0.3, 0.4) is 0 Å². The summed E-state index contributed by atoms with van der Waals surface area (Å²) in [4.78, 5) is 0. The molecule has 1 N–H and O–H groups in total. The number of nitrogens with zero attached hydrogens (tertiary/aromatic N) is 1. The van der Waals surface area contributed by atoms with Crippen molar-refractivity contribution in [1.29, 1.82) is 5.26 Å². The summed E-state index contributed by atoms with van der Waals surface area (Å²) in [5.74, 6) is 0.891. The standard InChI is InChI=1S/C13H18N2O/c1-10-5-6-13(16-3)12(9-10)11(2)15-8-4-7-14/h5-6,9,11,15H,4,8H2,1-3H3. The monoisotopic (exact) mass is 218 g/mol. The number of rotatable bonds is 5. The van der Waals surface area contributed by atoms with E-state index < -0.39 is 0 Å². The summed E-state index contributed by atoms with van der Waals surface area (Å²) in [5.41, 5.74) is 2.35. The molecule has 0 aromatic heterocycles. The minimum absolute atomic E-state index is 0.197. The van der Waals surface area contributed by atoms with Crippen LogP contribution in [0.25, 0.3) is 0 Å². The van der Waals surface area contributed by atoms with Crippen molar-refractivity contribution >= 4 is 0 Å². The third-order valence-corrected chi connectivity index (χ3v) is 2.54. The molecule has 0 saturated heterocycles. The zero-order chi connectivity index (χ0) is 12.0. The molecule has 0 aliphatic heterocycles. The van der Waals surface area contributed by atoms with Crippen molar-refractivity contribution in [3.63, 3.8) is 0 Å². The van der Waals surface area contributed by atoms with E-state index in [1.807, 2.05) is 12.1 Å². The van der Waals surface area contributed by atoms with Crippen LogP contribution in [0.1, 0.15) is 30.5 Å². The van der Waals surface area contributed by atoms with E-state index in [0.717, 1.165) is 11.3 Å². The first-order valence-electron chi connectivity index (χ1n) is 5.44. The summed E-state index contributed by atoms with van der Waals surface area (Å²) in [5, 5.41) is 11.8. The Morgan fingerprint density at radius 2 is 2.25 bits per heavy atom. The average molecular weight is 218 g/mol. The molecule has 1 aromatic carbocycles. The number of aryl methyl sites for hydroxylation is 1. The van der Waals surface area contributed by atoms with Crippen LogP contribution in [0.4, 0.5) is 0 Å². The van der Waals surface area contributed by atoms with Gasteiger partial charge in [-0.1, -0.05) is 17.7 Å². The van der Waals surface area contributed by atoms with Crippen LogP contribution in [0, 0.1) is 18.3 Å². The Morgan fingerprint density at radius 3 is 2.88 bits per heavy atom. The molecule has 0 aliphatic carbocycles. The van der Waals surface area contributed by atoms with E-state index >= 15 is 0 Å². The zero-order valence-electron chi connectivity index (χ0n) is 10.1. The predicted octanol–water partition coefficient (Wildman–Crippen LogP) is 2.57. The lowest BCUT2D eigenvalue weighted by Gasteiger charge is -2.17. The maximum atomic E-state index is 8.48. The van der Waals surface area contributed by atoms with E-state index in [1.165, 1.54) is 5.56 Å². The van der Waals surface area contributed by atoms with Crippen LogP contribution in [-0.4, -0.2) is 13.7 Å². The average Bonchev–Trinajstić information content (AvgIpc) is 2.29. The Labute approximate surface area is 97.0 Å². The van der Waals surface area contributed by atoms with E-state index in [-0.39, 0.29) is 6.04 Å². The van der Waals surface area contributed by atoms with Gasteiger partial charge in [0.25, 0.3) is 0 Å². The molecular formula is C13H18N2O. The van der Waals surface area contributed by atoms with Crippen molar-refractivity contribution in [2.24, 2.45) is 0 Å². The molecule has 0 bridgehead atoms. The SMILES string of the molecule is COc1ccc(C)cc1C(C)NCCC#N. The Kier molecular flexibility index (Phi) is 4.81. The minimum Gasteiger partial charge on any atom is -0.496 e. The molecule has 0 radical (unpaired) electrons. The highest BCUT2D eigenvalue weighted by Gasteiger charge is 2.10. The number of nitriles is 1. The van der Waals surface area contributed by atoms with Crippen LogP contribution in [0.5, 0.6) is 5.75 Å². The van der Waals surface area contributed by atoms with Crippen LogP contribution >= 0.6 is 0 Å². The van der Waals surface area contributed by atoms with E-state index in [1.54, 1.807) is 7.11 Å². The van der Waals surface area contributed by atoms with Crippen molar-refractivity contribution in [3.05, 3.63) is 29.3 Å². The Bertz CT molecular complexity index is 382. The molecule has 1 aromatic rings. The van der Waals surface area contributed by atoms with Gasteiger partial charge < -0.3 is 10.1 Å². The van der Waals surface area contributed by atoms with Gasteiger partial charge >= 0.3 is 0 Å². The molecule has 0 heterocycles. The van der Waals surface area contributed by atoms with Gasteiger partial charge in [0.1, 0.15) is 5.75 Å². The van der Waals surface area contributed by atoms with Gasteiger partial charge in [-0.25, -0.2) is 0 Å². The second kappa shape index (κ2) is 6.14. The van der Waals surface area contributed by atoms with Crippen molar-refractivity contribution in [1.82, 2.24) is 5.32 Å². The fourth-order valence-electron chi connectivity index (χ4n) is 1.65. The van der Waals surface area contributed by atoms with Crippen molar-refractivity contribution < 1.29 is 4.74 Å². The number of benzene rings is 1. The van der Waals surface area contributed by atoms with Gasteiger partial charge in [0, 0.05) is 24.6 Å². The first kappa shape index (κ1) is 12.5. The van der Waals surface area contributed by atoms with Gasteiger partial charge in [-0.05, 0) is 19.9 Å². The van der Waals surface area contributed by atoms with Crippen LogP contribution in [-0.2, 0) is 0 Å². The molecule has 1 atom stereocenters. The number of methoxy groups -OCH3 is 1. The maximum absolute atomic E-state index is 8.48. The van der Waals surface area contributed by atoms with Gasteiger partial charge in [-0.2, -0.15) is 5.26 Å². The highest BCUT2D eigenvalue weighted by molar-refractivity contribution is 5.38. The lowest BCUT2D eigenvalue weighted by Crippen LogP contribution is -2.20. The quantitative estimate of drug-likeness (QED) is 0.772. The normalized spacial score (nSPS) is 11.9.